The molecule has 1 amide bonds. The van der Waals surface area contributed by atoms with Crippen molar-refractivity contribution < 1.29 is 13.9 Å². The molecule has 0 aliphatic rings. The summed E-state index contributed by atoms with van der Waals surface area (Å²) in [5, 5.41) is 1.12. The number of pyridine rings is 1. The van der Waals surface area contributed by atoms with Gasteiger partial charge in [0.05, 0.1) is 17.8 Å². The first kappa shape index (κ1) is 20.8. The zero-order valence-electron chi connectivity index (χ0n) is 17.9. The van der Waals surface area contributed by atoms with E-state index >= 15 is 0 Å². The summed E-state index contributed by atoms with van der Waals surface area (Å²) in [6.07, 6.45) is 1.27. The SMILES string of the molecule is CCn1c(C)c(C)c2ccnc(CN(C(=O)OC(C)(C)C)c3ccc(F)cc3)c21. The molecule has 0 radical (unpaired) electrons. The molecule has 6 heteroatoms. The zero-order chi connectivity index (χ0) is 21.3. The van der Waals surface area contributed by atoms with E-state index in [1.807, 2.05) is 26.8 Å². The first-order valence-electron chi connectivity index (χ1n) is 9.81. The van der Waals surface area contributed by atoms with Gasteiger partial charge in [-0.2, -0.15) is 0 Å². The summed E-state index contributed by atoms with van der Waals surface area (Å²) in [5.74, 6) is -0.357. The van der Waals surface area contributed by atoms with Crippen LogP contribution in [-0.2, 0) is 17.8 Å². The van der Waals surface area contributed by atoms with Gasteiger partial charge >= 0.3 is 6.09 Å². The van der Waals surface area contributed by atoms with Crippen molar-refractivity contribution in [3.8, 4) is 0 Å². The van der Waals surface area contributed by atoms with Crippen LogP contribution < -0.4 is 4.90 Å². The van der Waals surface area contributed by atoms with Gasteiger partial charge in [-0.05, 0) is 77.4 Å². The number of hydrogen-bond acceptors (Lipinski definition) is 3. The van der Waals surface area contributed by atoms with Gasteiger partial charge < -0.3 is 9.30 Å². The van der Waals surface area contributed by atoms with Gasteiger partial charge in [0.15, 0.2) is 0 Å². The third kappa shape index (κ3) is 4.26. The first-order chi connectivity index (χ1) is 13.6. The van der Waals surface area contributed by atoms with E-state index in [2.05, 4.69) is 30.3 Å². The van der Waals surface area contributed by atoms with Gasteiger partial charge in [0.1, 0.15) is 11.4 Å². The third-order valence-corrected chi connectivity index (χ3v) is 5.00. The Morgan fingerprint density at radius 1 is 1.17 bits per heavy atom. The molecule has 154 valence electrons. The van der Waals surface area contributed by atoms with Crippen LogP contribution in [-0.4, -0.2) is 21.2 Å². The Hall–Kier alpha value is -2.89. The summed E-state index contributed by atoms with van der Waals surface area (Å²) in [6.45, 7) is 12.8. The summed E-state index contributed by atoms with van der Waals surface area (Å²) in [4.78, 5) is 19.1. The maximum Gasteiger partial charge on any atom is 0.415 e. The Kier molecular flexibility index (Phi) is 5.64. The number of nitrogens with zero attached hydrogens (tertiary/aromatic N) is 3. The van der Waals surface area contributed by atoms with Gasteiger partial charge in [-0.1, -0.05) is 0 Å². The number of ether oxygens (including phenoxy) is 1. The molecule has 0 aliphatic carbocycles. The quantitative estimate of drug-likeness (QED) is 0.563. The Bertz CT molecular complexity index is 1030. The molecule has 0 saturated heterocycles. The summed E-state index contributed by atoms with van der Waals surface area (Å²) in [7, 11) is 0. The minimum atomic E-state index is -0.647. The average Bonchev–Trinajstić information content (AvgIpc) is 2.90. The number of anilines is 1. The van der Waals surface area contributed by atoms with Crippen molar-refractivity contribution in [2.24, 2.45) is 0 Å². The Labute approximate surface area is 171 Å². The molecule has 0 bridgehead atoms. The number of benzene rings is 1. The molecular formula is C23H28FN3O2. The number of carbonyl (C=O) groups excluding carboxylic acids is 1. The van der Waals surface area contributed by atoms with E-state index in [1.54, 1.807) is 18.3 Å². The van der Waals surface area contributed by atoms with Gasteiger partial charge in [-0.25, -0.2) is 9.18 Å². The molecule has 2 aromatic heterocycles. The summed E-state index contributed by atoms with van der Waals surface area (Å²) in [5.41, 5.74) is 4.09. The molecule has 1 aromatic carbocycles. The monoisotopic (exact) mass is 397 g/mol. The van der Waals surface area contributed by atoms with Crippen LogP contribution in [0.2, 0.25) is 0 Å². The minimum absolute atomic E-state index is 0.223. The van der Waals surface area contributed by atoms with E-state index in [0.717, 1.165) is 23.1 Å². The smallest absolute Gasteiger partial charge is 0.415 e. The Morgan fingerprint density at radius 2 is 1.83 bits per heavy atom. The number of halogens is 1. The Balaban J connectivity index is 2.10. The largest absolute Gasteiger partial charge is 0.443 e. The van der Waals surface area contributed by atoms with Gasteiger partial charge in [0.25, 0.3) is 0 Å². The predicted molar refractivity (Wildman–Crippen MR) is 114 cm³/mol. The van der Waals surface area contributed by atoms with Crippen LogP contribution in [0.4, 0.5) is 14.9 Å². The van der Waals surface area contributed by atoms with Gasteiger partial charge in [0.2, 0.25) is 0 Å². The molecule has 0 aliphatic heterocycles. The van der Waals surface area contributed by atoms with E-state index in [-0.39, 0.29) is 12.4 Å². The highest BCUT2D eigenvalue weighted by Crippen LogP contribution is 2.29. The van der Waals surface area contributed by atoms with E-state index in [4.69, 9.17) is 4.74 Å². The van der Waals surface area contributed by atoms with Gasteiger partial charge in [0, 0.05) is 29.5 Å². The Morgan fingerprint density at radius 3 is 2.41 bits per heavy atom. The first-order valence-corrected chi connectivity index (χ1v) is 9.81. The lowest BCUT2D eigenvalue weighted by Gasteiger charge is -2.27. The van der Waals surface area contributed by atoms with Crippen LogP contribution in [0.3, 0.4) is 0 Å². The maximum absolute atomic E-state index is 13.5. The number of aryl methyl sites for hydroxylation is 2. The fourth-order valence-electron chi connectivity index (χ4n) is 3.53. The molecule has 0 saturated carbocycles. The molecule has 0 unspecified atom stereocenters. The molecule has 3 rings (SSSR count). The highest BCUT2D eigenvalue weighted by molar-refractivity contribution is 5.90. The molecule has 0 spiro atoms. The standard InChI is InChI=1S/C23H28FN3O2/c1-7-26-16(3)15(2)19-12-13-25-20(21(19)26)14-27(22(28)29-23(4,5)6)18-10-8-17(24)9-11-18/h8-13H,7,14H2,1-6H3. The van der Waals surface area contributed by atoms with Crippen LogP contribution in [0, 0.1) is 19.7 Å². The van der Waals surface area contributed by atoms with E-state index in [9.17, 15) is 9.18 Å². The molecule has 0 N–H and O–H groups in total. The number of aromatic nitrogens is 2. The molecule has 0 fully saturated rings. The summed E-state index contributed by atoms with van der Waals surface area (Å²) in [6, 6.07) is 7.83. The minimum Gasteiger partial charge on any atom is -0.443 e. The fourth-order valence-corrected chi connectivity index (χ4v) is 3.53. The average molecular weight is 397 g/mol. The molecule has 0 atom stereocenters. The molecule has 29 heavy (non-hydrogen) atoms. The second kappa shape index (κ2) is 7.85. The number of amides is 1. The molecular weight excluding hydrogens is 369 g/mol. The van der Waals surface area contributed by atoms with Gasteiger partial charge in [-0.15, -0.1) is 0 Å². The highest BCUT2D eigenvalue weighted by Gasteiger charge is 2.26. The van der Waals surface area contributed by atoms with Crippen molar-refractivity contribution in [1.82, 2.24) is 9.55 Å². The normalized spacial score (nSPS) is 11.7. The van der Waals surface area contributed by atoms with Crippen molar-refractivity contribution >= 4 is 22.7 Å². The van der Waals surface area contributed by atoms with Crippen molar-refractivity contribution in [3.63, 3.8) is 0 Å². The van der Waals surface area contributed by atoms with Crippen LogP contribution in [0.15, 0.2) is 36.5 Å². The number of fused-ring (bicyclic) bond motifs is 1. The van der Waals surface area contributed by atoms with Crippen LogP contribution in [0.5, 0.6) is 0 Å². The van der Waals surface area contributed by atoms with Crippen LogP contribution in [0.25, 0.3) is 10.9 Å². The lowest BCUT2D eigenvalue weighted by Crippen LogP contribution is -2.36. The number of hydrogen-bond donors (Lipinski definition) is 0. The van der Waals surface area contributed by atoms with Crippen molar-refractivity contribution in [1.29, 1.82) is 0 Å². The lowest BCUT2D eigenvalue weighted by atomic mass is 10.1. The fraction of sp³-hybridized carbons (Fsp3) is 0.391. The van der Waals surface area contributed by atoms with E-state index in [0.29, 0.717) is 5.69 Å². The lowest BCUT2D eigenvalue weighted by molar-refractivity contribution is 0.0577. The third-order valence-electron chi connectivity index (χ3n) is 5.00. The maximum atomic E-state index is 13.5. The van der Waals surface area contributed by atoms with Gasteiger partial charge in [-0.3, -0.25) is 9.88 Å². The summed E-state index contributed by atoms with van der Waals surface area (Å²) < 4.78 is 21.3. The molecule has 2 heterocycles. The predicted octanol–water partition coefficient (Wildman–Crippen LogP) is 5.75. The molecule has 3 aromatic rings. The number of rotatable bonds is 4. The number of carbonyl (C=O) groups is 1. The summed E-state index contributed by atoms with van der Waals surface area (Å²) >= 11 is 0. The van der Waals surface area contributed by atoms with Crippen LogP contribution >= 0.6 is 0 Å². The second-order valence-corrected chi connectivity index (χ2v) is 8.15. The van der Waals surface area contributed by atoms with Crippen LogP contribution in [0.1, 0.15) is 44.6 Å². The highest BCUT2D eigenvalue weighted by atomic mass is 19.1. The topological polar surface area (TPSA) is 47.4 Å². The molecule has 5 nitrogen and oxygen atoms in total. The van der Waals surface area contributed by atoms with E-state index in [1.165, 1.54) is 28.3 Å². The second-order valence-electron chi connectivity index (χ2n) is 8.15. The van der Waals surface area contributed by atoms with Crippen molar-refractivity contribution in [2.45, 2.75) is 60.2 Å². The zero-order valence-corrected chi connectivity index (χ0v) is 17.9. The van der Waals surface area contributed by atoms with E-state index < -0.39 is 11.7 Å². The van der Waals surface area contributed by atoms with Crippen molar-refractivity contribution in [3.05, 3.63) is 59.3 Å². The van der Waals surface area contributed by atoms with Crippen molar-refractivity contribution in [2.75, 3.05) is 4.90 Å².